The molecule has 110 valence electrons. The Kier molecular flexibility index (Phi) is 3.86. The minimum Gasteiger partial charge on any atom is -0.313 e. The van der Waals surface area contributed by atoms with E-state index in [4.69, 9.17) is 0 Å². The van der Waals surface area contributed by atoms with Crippen molar-refractivity contribution in [1.29, 1.82) is 0 Å². The van der Waals surface area contributed by atoms with Crippen molar-refractivity contribution in [2.45, 2.75) is 39.7 Å². The molecule has 0 amide bonds. The Morgan fingerprint density at radius 3 is 1.95 bits per heavy atom. The average molecular weight is 279 g/mol. The van der Waals surface area contributed by atoms with E-state index in [2.05, 4.69) is 69.5 Å². The summed E-state index contributed by atoms with van der Waals surface area (Å²) in [6.07, 6.45) is 2.38. The molecule has 2 aromatic carbocycles. The Morgan fingerprint density at radius 1 is 0.952 bits per heavy atom. The van der Waals surface area contributed by atoms with Crippen LogP contribution in [0.3, 0.4) is 0 Å². The molecule has 1 N–H and O–H groups in total. The molecule has 0 aliphatic heterocycles. The van der Waals surface area contributed by atoms with Gasteiger partial charge in [0.15, 0.2) is 0 Å². The normalized spacial score (nSPS) is 16.0. The highest BCUT2D eigenvalue weighted by atomic mass is 14.9. The third-order valence-corrected chi connectivity index (χ3v) is 4.91. The third-order valence-electron chi connectivity index (χ3n) is 4.91. The predicted molar refractivity (Wildman–Crippen MR) is 89.8 cm³/mol. The number of rotatable bonds is 3. The molecule has 0 heterocycles. The summed E-state index contributed by atoms with van der Waals surface area (Å²) in [5.41, 5.74) is 8.76. The summed E-state index contributed by atoms with van der Waals surface area (Å²) >= 11 is 0. The zero-order chi connectivity index (χ0) is 15.0. The molecule has 0 saturated carbocycles. The molecule has 1 heteroatoms. The van der Waals surface area contributed by atoms with Crippen LogP contribution in [0.2, 0.25) is 0 Å². The van der Waals surface area contributed by atoms with E-state index in [1.807, 2.05) is 0 Å². The number of nitrogens with one attached hydrogen (secondary N) is 1. The second-order valence-electron chi connectivity index (χ2n) is 6.52. The number of hydrogen-bond donors (Lipinski definition) is 1. The van der Waals surface area contributed by atoms with Crippen LogP contribution in [0.4, 0.5) is 0 Å². The summed E-state index contributed by atoms with van der Waals surface area (Å²) in [6.45, 7) is 6.69. The molecule has 0 spiro atoms. The fourth-order valence-electron chi connectivity index (χ4n) is 4.13. The molecule has 0 saturated heterocycles. The van der Waals surface area contributed by atoms with E-state index in [0.29, 0.717) is 12.0 Å². The maximum absolute atomic E-state index is 3.60. The lowest BCUT2D eigenvalue weighted by Crippen LogP contribution is -2.27. The molecular weight excluding hydrogens is 254 g/mol. The number of benzene rings is 2. The molecular formula is C20H25N. The van der Waals surface area contributed by atoms with Crippen molar-refractivity contribution in [3.63, 3.8) is 0 Å². The van der Waals surface area contributed by atoms with Gasteiger partial charge in [0.05, 0.1) is 0 Å². The Bertz CT molecular complexity index is 609. The quantitative estimate of drug-likeness (QED) is 0.884. The standard InChI is InChI=1S/C20H25N/c1-13-9-14(2)19(15(3)10-13)20(21-4)18-11-16-7-5-6-8-17(16)12-18/h5-10,18,20-21H,11-12H2,1-4H3. The van der Waals surface area contributed by atoms with Gasteiger partial charge < -0.3 is 5.32 Å². The SMILES string of the molecule is CNC(c1c(C)cc(C)cc1C)C1Cc2ccccc2C1. The lowest BCUT2D eigenvalue weighted by molar-refractivity contribution is 0.394. The molecule has 0 bridgehead atoms. The van der Waals surface area contributed by atoms with E-state index in [-0.39, 0.29) is 0 Å². The van der Waals surface area contributed by atoms with E-state index < -0.39 is 0 Å². The van der Waals surface area contributed by atoms with Gasteiger partial charge >= 0.3 is 0 Å². The average Bonchev–Trinajstić information content (AvgIpc) is 2.85. The first kappa shape index (κ1) is 14.3. The monoisotopic (exact) mass is 279 g/mol. The van der Waals surface area contributed by atoms with Crippen molar-refractivity contribution >= 4 is 0 Å². The zero-order valence-electron chi connectivity index (χ0n) is 13.5. The van der Waals surface area contributed by atoms with Gasteiger partial charge in [0.2, 0.25) is 0 Å². The lowest BCUT2D eigenvalue weighted by atomic mass is 9.85. The van der Waals surface area contributed by atoms with Gasteiger partial charge in [0.25, 0.3) is 0 Å². The smallest absolute Gasteiger partial charge is 0.0357 e. The van der Waals surface area contributed by atoms with Gasteiger partial charge in [0.1, 0.15) is 0 Å². The molecule has 1 aliphatic rings. The summed E-state index contributed by atoms with van der Waals surface area (Å²) in [4.78, 5) is 0. The highest BCUT2D eigenvalue weighted by Gasteiger charge is 2.30. The first-order valence-electron chi connectivity index (χ1n) is 7.92. The highest BCUT2D eigenvalue weighted by Crippen LogP contribution is 2.37. The Hall–Kier alpha value is -1.60. The number of aryl methyl sites for hydroxylation is 3. The molecule has 0 aromatic heterocycles. The molecule has 1 nitrogen and oxygen atoms in total. The minimum absolute atomic E-state index is 0.443. The summed E-state index contributed by atoms with van der Waals surface area (Å²) < 4.78 is 0. The molecule has 1 atom stereocenters. The van der Waals surface area contributed by atoms with Gasteiger partial charge in [-0.25, -0.2) is 0 Å². The Balaban J connectivity index is 1.94. The van der Waals surface area contributed by atoms with E-state index >= 15 is 0 Å². The lowest BCUT2D eigenvalue weighted by Gasteiger charge is -2.27. The van der Waals surface area contributed by atoms with E-state index in [9.17, 15) is 0 Å². The van der Waals surface area contributed by atoms with Crippen molar-refractivity contribution in [3.8, 4) is 0 Å². The van der Waals surface area contributed by atoms with Crippen molar-refractivity contribution in [3.05, 3.63) is 69.8 Å². The van der Waals surface area contributed by atoms with Crippen LogP contribution in [-0.2, 0) is 12.8 Å². The van der Waals surface area contributed by atoms with Crippen LogP contribution in [0.25, 0.3) is 0 Å². The van der Waals surface area contributed by atoms with Gasteiger partial charge in [-0.2, -0.15) is 0 Å². The summed E-state index contributed by atoms with van der Waals surface area (Å²) in [7, 11) is 2.10. The highest BCUT2D eigenvalue weighted by molar-refractivity contribution is 5.42. The van der Waals surface area contributed by atoms with Crippen LogP contribution in [0.1, 0.15) is 39.4 Å². The molecule has 0 radical (unpaired) electrons. The van der Waals surface area contributed by atoms with Gasteiger partial charge in [-0.1, -0.05) is 42.0 Å². The van der Waals surface area contributed by atoms with Crippen molar-refractivity contribution < 1.29 is 0 Å². The van der Waals surface area contributed by atoms with Gasteiger partial charge in [-0.15, -0.1) is 0 Å². The topological polar surface area (TPSA) is 12.0 Å². The van der Waals surface area contributed by atoms with Crippen LogP contribution < -0.4 is 5.32 Å². The fourth-order valence-corrected chi connectivity index (χ4v) is 4.13. The van der Waals surface area contributed by atoms with Gasteiger partial charge in [-0.3, -0.25) is 0 Å². The number of hydrogen-bond acceptors (Lipinski definition) is 1. The minimum atomic E-state index is 0.443. The summed E-state index contributed by atoms with van der Waals surface area (Å²) in [6, 6.07) is 14.0. The summed E-state index contributed by atoms with van der Waals surface area (Å²) in [5, 5.41) is 3.60. The molecule has 3 rings (SSSR count). The first-order valence-corrected chi connectivity index (χ1v) is 7.92. The van der Waals surface area contributed by atoms with Gasteiger partial charge in [0, 0.05) is 6.04 Å². The molecule has 0 fully saturated rings. The number of fused-ring (bicyclic) bond motifs is 1. The molecule has 21 heavy (non-hydrogen) atoms. The van der Waals surface area contributed by atoms with Crippen LogP contribution in [0.15, 0.2) is 36.4 Å². The van der Waals surface area contributed by atoms with Crippen LogP contribution in [0.5, 0.6) is 0 Å². The summed E-state index contributed by atoms with van der Waals surface area (Å²) in [5.74, 6) is 0.660. The fraction of sp³-hybridized carbons (Fsp3) is 0.400. The van der Waals surface area contributed by atoms with Crippen LogP contribution >= 0.6 is 0 Å². The largest absolute Gasteiger partial charge is 0.313 e. The van der Waals surface area contributed by atoms with Crippen LogP contribution in [0, 0.1) is 26.7 Å². The second kappa shape index (κ2) is 5.65. The Labute approximate surface area is 128 Å². The Morgan fingerprint density at radius 2 is 1.48 bits per heavy atom. The maximum atomic E-state index is 3.60. The maximum Gasteiger partial charge on any atom is 0.0357 e. The van der Waals surface area contributed by atoms with Crippen molar-refractivity contribution in [2.24, 2.45) is 5.92 Å². The van der Waals surface area contributed by atoms with Crippen LogP contribution in [-0.4, -0.2) is 7.05 Å². The predicted octanol–water partition coefficient (Wildman–Crippen LogP) is 4.29. The van der Waals surface area contributed by atoms with E-state index in [1.54, 1.807) is 0 Å². The first-order chi connectivity index (χ1) is 10.1. The third kappa shape index (κ3) is 2.63. The zero-order valence-corrected chi connectivity index (χ0v) is 13.5. The molecule has 1 unspecified atom stereocenters. The van der Waals surface area contributed by atoms with E-state index in [0.717, 1.165) is 0 Å². The van der Waals surface area contributed by atoms with Crippen molar-refractivity contribution in [2.75, 3.05) is 7.05 Å². The van der Waals surface area contributed by atoms with E-state index in [1.165, 1.54) is 46.2 Å². The molecule has 1 aliphatic carbocycles. The second-order valence-corrected chi connectivity index (χ2v) is 6.52. The van der Waals surface area contributed by atoms with Crippen molar-refractivity contribution in [1.82, 2.24) is 5.32 Å². The molecule has 2 aromatic rings. The van der Waals surface area contributed by atoms with Gasteiger partial charge in [-0.05, 0) is 74.4 Å².